The minimum Gasteiger partial charge on any atom is -0.379 e. The number of amides is 2. The fourth-order valence-electron chi connectivity index (χ4n) is 2.61. The summed E-state index contributed by atoms with van der Waals surface area (Å²) in [5, 5.41) is 3.04. The highest BCUT2D eigenvalue weighted by atomic mass is 32.2. The molecule has 2 aromatic rings. The van der Waals surface area contributed by atoms with Gasteiger partial charge in [-0.15, -0.1) is 11.8 Å². The van der Waals surface area contributed by atoms with Gasteiger partial charge in [-0.2, -0.15) is 4.31 Å². The Kier molecular flexibility index (Phi) is 6.90. The third-order valence-electron chi connectivity index (χ3n) is 4.02. The van der Waals surface area contributed by atoms with Crippen molar-refractivity contribution < 1.29 is 22.7 Å². The van der Waals surface area contributed by atoms with Crippen molar-refractivity contribution in [3.8, 4) is 0 Å². The van der Waals surface area contributed by atoms with E-state index in [2.05, 4.69) is 10.3 Å². The summed E-state index contributed by atoms with van der Waals surface area (Å²) >= 11 is 2.48. The second-order valence-corrected chi connectivity index (χ2v) is 10.3. The van der Waals surface area contributed by atoms with Gasteiger partial charge in [0.25, 0.3) is 5.91 Å². The number of ether oxygens (including phenoxy) is 1. The fourth-order valence-corrected chi connectivity index (χ4v) is 5.94. The van der Waals surface area contributed by atoms with Gasteiger partial charge in [-0.05, 0) is 25.1 Å². The topological polar surface area (TPSA) is 132 Å². The van der Waals surface area contributed by atoms with E-state index in [-0.39, 0.29) is 29.3 Å². The maximum Gasteiger partial charge on any atom is 0.257 e. The number of aromatic nitrogens is 1. The Labute approximate surface area is 176 Å². The van der Waals surface area contributed by atoms with E-state index in [1.165, 1.54) is 51.7 Å². The first-order chi connectivity index (χ1) is 13.8. The van der Waals surface area contributed by atoms with E-state index in [0.717, 1.165) is 4.21 Å². The SMILES string of the molecule is Cc1nc(NC(=O)c2cccc(S(=O)(=O)N3CCOCC3)c2)sc1SCC(N)=O. The number of nitrogens with one attached hydrogen (secondary N) is 1. The number of hydrogen-bond donors (Lipinski definition) is 2. The van der Waals surface area contributed by atoms with E-state index in [4.69, 9.17) is 10.5 Å². The minimum absolute atomic E-state index is 0.0556. The Bertz CT molecular complexity index is 1020. The summed E-state index contributed by atoms with van der Waals surface area (Å²) < 4.78 is 32.9. The average molecular weight is 457 g/mol. The number of nitrogens with zero attached hydrogens (tertiary/aromatic N) is 2. The average Bonchev–Trinajstić information content (AvgIpc) is 3.06. The molecule has 1 aromatic heterocycles. The zero-order valence-electron chi connectivity index (χ0n) is 15.6. The molecule has 12 heteroatoms. The molecule has 0 radical (unpaired) electrons. The van der Waals surface area contributed by atoms with Crippen molar-refractivity contribution in [2.24, 2.45) is 5.73 Å². The number of anilines is 1. The van der Waals surface area contributed by atoms with Crippen LogP contribution in [-0.4, -0.2) is 61.6 Å². The molecule has 9 nitrogen and oxygen atoms in total. The van der Waals surface area contributed by atoms with E-state index in [9.17, 15) is 18.0 Å². The molecule has 29 heavy (non-hydrogen) atoms. The van der Waals surface area contributed by atoms with Crippen LogP contribution in [0.2, 0.25) is 0 Å². The Morgan fingerprint density at radius 1 is 1.34 bits per heavy atom. The van der Waals surface area contributed by atoms with E-state index in [1.54, 1.807) is 6.92 Å². The van der Waals surface area contributed by atoms with Gasteiger partial charge in [-0.25, -0.2) is 13.4 Å². The van der Waals surface area contributed by atoms with Crippen molar-refractivity contribution in [2.75, 3.05) is 37.4 Å². The summed E-state index contributed by atoms with van der Waals surface area (Å²) in [7, 11) is -3.70. The molecule has 0 spiro atoms. The highest BCUT2D eigenvalue weighted by Gasteiger charge is 2.27. The van der Waals surface area contributed by atoms with Gasteiger partial charge in [0.05, 0.1) is 33.8 Å². The number of carbonyl (C=O) groups excluding carboxylic acids is 2. The molecule has 1 aliphatic rings. The van der Waals surface area contributed by atoms with Gasteiger partial charge in [0, 0.05) is 18.7 Å². The molecule has 3 N–H and O–H groups in total. The van der Waals surface area contributed by atoms with Crippen LogP contribution in [0.5, 0.6) is 0 Å². The van der Waals surface area contributed by atoms with Crippen LogP contribution in [-0.2, 0) is 19.6 Å². The number of hydrogen-bond acceptors (Lipinski definition) is 8. The van der Waals surface area contributed by atoms with Crippen LogP contribution in [0.25, 0.3) is 0 Å². The molecular weight excluding hydrogens is 436 g/mol. The number of carbonyl (C=O) groups is 2. The van der Waals surface area contributed by atoms with Crippen molar-refractivity contribution in [3.05, 3.63) is 35.5 Å². The summed E-state index contributed by atoms with van der Waals surface area (Å²) in [5.74, 6) is -0.784. The van der Waals surface area contributed by atoms with Crippen LogP contribution in [0.4, 0.5) is 5.13 Å². The van der Waals surface area contributed by atoms with Gasteiger partial charge in [0.2, 0.25) is 15.9 Å². The molecule has 1 aliphatic heterocycles. The Hall–Kier alpha value is -1.99. The molecule has 1 fully saturated rings. The van der Waals surface area contributed by atoms with Crippen LogP contribution in [0.1, 0.15) is 16.1 Å². The molecular formula is C17H20N4O5S3. The Balaban J connectivity index is 1.74. The molecule has 0 unspecified atom stereocenters. The number of thiazole rings is 1. The second kappa shape index (κ2) is 9.22. The molecule has 156 valence electrons. The minimum atomic E-state index is -3.70. The van der Waals surface area contributed by atoms with Crippen LogP contribution in [0, 0.1) is 6.92 Å². The maximum atomic E-state index is 12.8. The molecule has 0 bridgehead atoms. The first kappa shape index (κ1) is 21.7. The predicted octanol–water partition coefficient (Wildman–Crippen LogP) is 1.30. The number of aryl methyl sites for hydroxylation is 1. The molecule has 0 atom stereocenters. The monoisotopic (exact) mass is 456 g/mol. The number of rotatable bonds is 7. The lowest BCUT2D eigenvalue weighted by molar-refractivity contribution is -0.115. The lowest BCUT2D eigenvalue weighted by Gasteiger charge is -2.26. The highest BCUT2D eigenvalue weighted by Crippen LogP contribution is 2.32. The largest absolute Gasteiger partial charge is 0.379 e. The van der Waals surface area contributed by atoms with Gasteiger partial charge in [-0.1, -0.05) is 17.4 Å². The molecule has 1 aromatic carbocycles. The predicted molar refractivity (Wildman–Crippen MR) is 111 cm³/mol. The fraction of sp³-hybridized carbons (Fsp3) is 0.353. The van der Waals surface area contributed by atoms with E-state index < -0.39 is 21.8 Å². The summed E-state index contributed by atoms with van der Waals surface area (Å²) in [6.45, 7) is 3.02. The summed E-state index contributed by atoms with van der Waals surface area (Å²) in [6, 6.07) is 5.89. The van der Waals surface area contributed by atoms with Crippen LogP contribution >= 0.6 is 23.1 Å². The molecule has 1 saturated heterocycles. The zero-order chi connectivity index (χ0) is 21.0. The molecule has 3 rings (SSSR count). The second-order valence-electron chi connectivity index (χ2n) is 6.15. The van der Waals surface area contributed by atoms with E-state index in [0.29, 0.717) is 24.0 Å². The number of sulfonamides is 1. The van der Waals surface area contributed by atoms with Crippen LogP contribution < -0.4 is 11.1 Å². The standard InChI is InChI=1S/C17H20N4O5S3/c1-11-16(27-10-14(18)22)28-17(19-11)20-15(23)12-3-2-4-13(9-12)29(24,25)21-5-7-26-8-6-21/h2-4,9H,5-8,10H2,1H3,(H2,18,22)(H,19,20,23). The van der Waals surface area contributed by atoms with Crippen molar-refractivity contribution >= 4 is 50.1 Å². The summed E-state index contributed by atoms with van der Waals surface area (Å²) in [4.78, 5) is 27.9. The molecule has 2 heterocycles. The number of primary amides is 1. The van der Waals surface area contributed by atoms with Crippen LogP contribution in [0.3, 0.4) is 0 Å². The Morgan fingerprint density at radius 2 is 2.07 bits per heavy atom. The number of benzene rings is 1. The first-order valence-electron chi connectivity index (χ1n) is 8.65. The van der Waals surface area contributed by atoms with E-state index in [1.807, 2.05) is 0 Å². The van der Waals surface area contributed by atoms with Gasteiger partial charge in [0.15, 0.2) is 5.13 Å². The van der Waals surface area contributed by atoms with Crippen molar-refractivity contribution in [2.45, 2.75) is 16.0 Å². The zero-order valence-corrected chi connectivity index (χ0v) is 18.0. The molecule has 0 saturated carbocycles. The highest BCUT2D eigenvalue weighted by molar-refractivity contribution is 8.01. The molecule has 0 aliphatic carbocycles. The molecule has 2 amide bonds. The summed E-state index contributed by atoms with van der Waals surface area (Å²) in [5.41, 5.74) is 6.04. The number of nitrogens with two attached hydrogens (primary N) is 1. The normalized spacial score (nSPS) is 15.2. The van der Waals surface area contributed by atoms with Crippen LogP contribution in [0.15, 0.2) is 33.4 Å². The van der Waals surface area contributed by atoms with Gasteiger partial charge in [-0.3, -0.25) is 14.9 Å². The quantitative estimate of drug-likeness (QED) is 0.600. The number of morpholine rings is 1. The Morgan fingerprint density at radius 3 is 2.76 bits per heavy atom. The van der Waals surface area contributed by atoms with E-state index >= 15 is 0 Å². The third-order valence-corrected chi connectivity index (χ3v) is 8.38. The third kappa shape index (κ3) is 5.34. The van der Waals surface area contributed by atoms with Gasteiger partial charge >= 0.3 is 0 Å². The van der Waals surface area contributed by atoms with Crippen molar-refractivity contribution in [3.63, 3.8) is 0 Å². The summed E-state index contributed by atoms with van der Waals surface area (Å²) in [6.07, 6.45) is 0. The van der Waals surface area contributed by atoms with Gasteiger partial charge in [0.1, 0.15) is 0 Å². The maximum absolute atomic E-state index is 12.8. The van der Waals surface area contributed by atoms with Crippen molar-refractivity contribution in [1.29, 1.82) is 0 Å². The van der Waals surface area contributed by atoms with Gasteiger partial charge < -0.3 is 10.5 Å². The van der Waals surface area contributed by atoms with Crippen molar-refractivity contribution in [1.82, 2.24) is 9.29 Å². The first-order valence-corrected chi connectivity index (χ1v) is 11.9. The lowest BCUT2D eigenvalue weighted by atomic mass is 10.2. The lowest BCUT2D eigenvalue weighted by Crippen LogP contribution is -2.40. The smallest absolute Gasteiger partial charge is 0.257 e. The number of thioether (sulfide) groups is 1.